The van der Waals surface area contributed by atoms with Gasteiger partial charge in [-0.2, -0.15) is 8.42 Å². The Labute approximate surface area is 65.2 Å². The average Bonchev–Trinajstić information content (AvgIpc) is 1.27. The quantitative estimate of drug-likeness (QED) is 0.260. The Bertz CT molecular complexity index is 129. The van der Waals surface area contributed by atoms with Crippen LogP contribution in [-0.4, -0.2) is 42.7 Å². The first-order valence-electron chi connectivity index (χ1n) is 1.51. The number of hydrogen-bond donors (Lipinski definition) is 2. The molecule has 0 radical (unpaired) electrons. The molecule has 0 fully saturated rings. The van der Waals surface area contributed by atoms with Crippen molar-refractivity contribution >= 4 is 35.5 Å². The van der Waals surface area contributed by atoms with Gasteiger partial charge in [0.15, 0.2) is 0 Å². The number of hydrogen-bond acceptors (Lipinski definition) is 3. The topological polar surface area (TPSA) is 91.7 Å². The fourth-order valence-electron chi connectivity index (χ4n) is 0. The van der Waals surface area contributed by atoms with Crippen molar-refractivity contribution in [3.05, 3.63) is 0 Å². The molecule has 0 rings (SSSR count). The zero-order chi connectivity index (χ0) is 7.21. The van der Waals surface area contributed by atoms with Crippen molar-refractivity contribution in [2.24, 2.45) is 0 Å². The van der Waals surface area contributed by atoms with Crippen LogP contribution in [0, 0.1) is 0 Å². The molecule has 0 amide bonds. The molecule has 0 aromatic carbocycles. The average molecular weight is 150 g/mol. The molecule has 0 saturated carbocycles. The molecule has 2 N–H and O–H groups in total. The van der Waals surface area contributed by atoms with Crippen LogP contribution in [0.5, 0.6) is 0 Å². The number of carbonyl (C=O) groups is 1. The molecule has 9 heavy (non-hydrogen) atoms. The van der Waals surface area contributed by atoms with Gasteiger partial charge in [0.2, 0.25) is 0 Å². The summed E-state index contributed by atoms with van der Waals surface area (Å²) >= 11 is 0. The summed E-state index contributed by atoms with van der Waals surface area (Å²) in [6, 6.07) is 0. The van der Waals surface area contributed by atoms with Crippen molar-refractivity contribution in [2.75, 3.05) is 0 Å². The Morgan fingerprint density at radius 2 is 1.33 bits per heavy atom. The summed E-state index contributed by atoms with van der Waals surface area (Å²) in [4.78, 5) is 8.81. The van der Waals surface area contributed by atoms with Crippen LogP contribution in [0.1, 0.15) is 6.92 Å². The van der Waals surface area contributed by atoms with Crippen molar-refractivity contribution in [1.82, 2.24) is 0 Å². The van der Waals surface area contributed by atoms with E-state index < -0.39 is 10.4 Å². The van der Waals surface area contributed by atoms with E-state index in [9.17, 15) is 0 Å². The zero-order valence-electron chi connectivity index (χ0n) is 4.10. The van der Waals surface area contributed by atoms with Gasteiger partial charge in [-0.05, 0) is 6.92 Å². The maximum absolute atomic E-state index is 8.81. The summed E-state index contributed by atoms with van der Waals surface area (Å²) < 4.78 is 31.6. The molecule has 7 heteroatoms. The van der Waals surface area contributed by atoms with E-state index in [-0.39, 0.29) is 18.9 Å². The van der Waals surface area contributed by atoms with Crippen molar-refractivity contribution in [1.29, 1.82) is 0 Å². The predicted octanol–water partition coefficient (Wildman–Crippen LogP) is -1.10. The van der Waals surface area contributed by atoms with Crippen molar-refractivity contribution in [3.63, 3.8) is 0 Å². The monoisotopic (exact) mass is 150 g/mol. The van der Waals surface area contributed by atoms with Crippen LogP contribution >= 0.6 is 0 Å². The second-order valence-electron chi connectivity index (χ2n) is 0.684. The summed E-state index contributed by atoms with van der Waals surface area (Å²) in [6.07, 6.45) is 0.750. The van der Waals surface area contributed by atoms with E-state index >= 15 is 0 Å². The number of aldehydes is 1. The molecule has 0 heterocycles. The van der Waals surface area contributed by atoms with Crippen molar-refractivity contribution in [3.8, 4) is 0 Å². The van der Waals surface area contributed by atoms with Crippen LogP contribution < -0.4 is 0 Å². The van der Waals surface area contributed by atoms with Gasteiger partial charge in [0, 0.05) is 0 Å². The summed E-state index contributed by atoms with van der Waals surface area (Å²) in [6.45, 7) is 1.44. The first-order chi connectivity index (χ1) is 3.41. The summed E-state index contributed by atoms with van der Waals surface area (Å²) in [5.41, 5.74) is 0. The summed E-state index contributed by atoms with van der Waals surface area (Å²) in [7, 11) is -4.67. The molecule has 5 nitrogen and oxygen atoms in total. The predicted molar refractivity (Wildman–Crippen MR) is 33.1 cm³/mol. The van der Waals surface area contributed by atoms with Gasteiger partial charge in [0.05, 0.1) is 0 Å². The van der Waals surface area contributed by atoms with E-state index in [1.807, 2.05) is 0 Å². The molecule has 0 spiro atoms. The van der Waals surface area contributed by atoms with Gasteiger partial charge in [-0.15, -0.1) is 0 Å². The van der Waals surface area contributed by atoms with E-state index in [2.05, 4.69) is 0 Å². The third-order valence-corrected chi connectivity index (χ3v) is 0. The Hall–Kier alpha value is 0.137. The Kier molecular flexibility index (Phi) is 14.5. The van der Waals surface area contributed by atoms with Gasteiger partial charge in [-0.25, -0.2) is 0 Å². The van der Waals surface area contributed by atoms with E-state index in [0.717, 1.165) is 6.29 Å². The molecule has 52 valence electrons. The van der Waals surface area contributed by atoms with Gasteiger partial charge in [-0.1, -0.05) is 0 Å². The van der Waals surface area contributed by atoms with E-state index in [1.165, 1.54) is 6.92 Å². The van der Waals surface area contributed by atoms with Crippen LogP contribution in [0.4, 0.5) is 0 Å². The molecule has 0 saturated heterocycles. The van der Waals surface area contributed by atoms with Gasteiger partial charge in [0.25, 0.3) is 0 Å². The maximum atomic E-state index is 8.81. The molecule has 0 aliphatic heterocycles. The zero-order valence-corrected chi connectivity index (χ0v) is 4.92. The van der Waals surface area contributed by atoms with E-state index in [4.69, 9.17) is 22.3 Å². The van der Waals surface area contributed by atoms with Gasteiger partial charge >= 0.3 is 29.3 Å². The molecule has 0 aromatic rings. The van der Waals surface area contributed by atoms with Crippen molar-refractivity contribution < 1.29 is 22.3 Å². The fraction of sp³-hybridized carbons (Fsp3) is 0.500. The Morgan fingerprint density at radius 3 is 1.33 bits per heavy atom. The molecule has 0 aliphatic rings. The molecule has 0 unspecified atom stereocenters. The number of rotatable bonds is 0. The summed E-state index contributed by atoms with van der Waals surface area (Å²) in [5.74, 6) is 0. The van der Waals surface area contributed by atoms with E-state index in [1.54, 1.807) is 0 Å². The first kappa shape index (κ1) is 16.1. The van der Waals surface area contributed by atoms with Gasteiger partial charge < -0.3 is 4.79 Å². The first-order valence-corrected chi connectivity index (χ1v) is 2.91. The molecule has 0 bridgehead atoms. The van der Waals surface area contributed by atoms with Crippen LogP contribution in [0.3, 0.4) is 0 Å². The van der Waals surface area contributed by atoms with Crippen molar-refractivity contribution in [2.45, 2.75) is 6.92 Å². The van der Waals surface area contributed by atoms with Crippen LogP contribution in [0.2, 0.25) is 0 Å². The SMILES string of the molecule is CC=O.O=S(=O)(O)O.[LiH]. The van der Waals surface area contributed by atoms with Gasteiger partial charge in [0.1, 0.15) is 6.29 Å². The number of carbonyl (C=O) groups excluding carboxylic acids is 1. The standard InChI is InChI=1S/C2H4O.Li.H2O4S.H/c1-2-3;;1-5(2,3)4;/h2H,1H3;;(H2,1,2,3,4);. The third-order valence-electron chi connectivity index (χ3n) is 0. The molecular formula is C2H7LiO5S. The minimum absolute atomic E-state index is 0. The van der Waals surface area contributed by atoms with Crippen LogP contribution in [0.25, 0.3) is 0 Å². The van der Waals surface area contributed by atoms with E-state index in [0.29, 0.717) is 0 Å². The van der Waals surface area contributed by atoms with Crippen LogP contribution in [0.15, 0.2) is 0 Å². The second-order valence-corrected chi connectivity index (χ2v) is 1.58. The summed E-state index contributed by atoms with van der Waals surface area (Å²) in [5, 5.41) is 0. The second kappa shape index (κ2) is 8.14. The normalized spacial score (nSPS) is 7.89. The molecule has 0 aliphatic carbocycles. The Morgan fingerprint density at radius 1 is 1.33 bits per heavy atom. The molecule has 0 aromatic heterocycles. The molecule has 0 atom stereocenters. The minimum atomic E-state index is -4.67. The Balaban J connectivity index is -0.0000000800. The third kappa shape index (κ3) is 16200. The van der Waals surface area contributed by atoms with Crippen LogP contribution in [-0.2, 0) is 15.2 Å². The fourth-order valence-corrected chi connectivity index (χ4v) is 0. The molecular weight excluding hydrogens is 143 g/mol. The van der Waals surface area contributed by atoms with Gasteiger partial charge in [-0.3, -0.25) is 9.11 Å².